The van der Waals surface area contributed by atoms with Crippen molar-refractivity contribution in [2.24, 2.45) is 5.73 Å². The van der Waals surface area contributed by atoms with Gasteiger partial charge in [0, 0.05) is 16.8 Å². The molecule has 1 radical (unpaired) electrons. The summed E-state index contributed by atoms with van der Waals surface area (Å²) < 4.78 is 39.0. The number of ether oxygens (including phenoxy) is 1. The number of nitrogens with two attached hydrogens (primary N) is 1. The molecule has 0 saturated heterocycles. The molecule has 0 bridgehead atoms. The zero-order valence-electron chi connectivity index (χ0n) is 8.27. The van der Waals surface area contributed by atoms with Gasteiger partial charge in [0.15, 0.2) is 6.23 Å². The van der Waals surface area contributed by atoms with Crippen molar-refractivity contribution >= 4 is 5.97 Å². The predicted octanol–water partition coefficient (Wildman–Crippen LogP) is 1.95. The summed E-state index contributed by atoms with van der Waals surface area (Å²) in [7, 11) is 0. The van der Waals surface area contributed by atoms with Crippen LogP contribution in [-0.2, 0) is 26.3 Å². The summed E-state index contributed by atoms with van der Waals surface area (Å²) >= 11 is 0. The van der Waals surface area contributed by atoms with Gasteiger partial charge in [0.05, 0.1) is 0 Å². The molecule has 0 aromatic carbocycles. The molecule has 0 heterocycles. The molecule has 0 aliphatic heterocycles. The Morgan fingerprint density at radius 3 is 2.33 bits per heavy atom. The monoisotopic (exact) mass is 272 g/mol. The Morgan fingerprint density at radius 1 is 1.40 bits per heavy atom. The van der Waals surface area contributed by atoms with Crippen molar-refractivity contribution in [3.05, 3.63) is 0 Å². The van der Waals surface area contributed by atoms with Crippen LogP contribution in [0.3, 0.4) is 0 Å². The molecule has 0 saturated carbocycles. The number of esters is 1. The van der Waals surface area contributed by atoms with E-state index in [0.717, 1.165) is 12.8 Å². The Bertz CT molecular complexity index is 187. The summed E-state index contributed by atoms with van der Waals surface area (Å²) in [5.74, 6) is -2.22. The van der Waals surface area contributed by atoms with E-state index in [2.05, 4.69) is 4.74 Å². The van der Waals surface area contributed by atoms with Gasteiger partial charge in [-0.05, 0) is 12.8 Å². The van der Waals surface area contributed by atoms with Gasteiger partial charge in [0.1, 0.15) is 0 Å². The Hall–Kier alpha value is -0.274. The normalized spacial score (nSPS) is 12.9. The molecule has 0 rings (SSSR count). The first kappa shape index (κ1) is 17.1. The molecule has 0 aliphatic rings. The molecule has 3 nitrogen and oxygen atoms in total. The Balaban J connectivity index is 0. The third-order valence-electron chi connectivity index (χ3n) is 1.58. The van der Waals surface area contributed by atoms with Gasteiger partial charge in [0.25, 0.3) is 0 Å². The third-order valence-corrected chi connectivity index (χ3v) is 1.58. The molecule has 93 valence electrons. The summed E-state index contributed by atoms with van der Waals surface area (Å²) in [4.78, 5) is 10.3. The topological polar surface area (TPSA) is 52.3 Å². The van der Waals surface area contributed by atoms with E-state index in [1.54, 1.807) is 0 Å². The average Bonchev–Trinajstić information content (AvgIpc) is 2.03. The molecule has 0 spiro atoms. The van der Waals surface area contributed by atoms with Crippen LogP contribution in [0.25, 0.3) is 0 Å². The fourth-order valence-electron chi connectivity index (χ4n) is 0.859. The molecule has 7 heteroatoms. The van der Waals surface area contributed by atoms with E-state index >= 15 is 0 Å². The second kappa shape index (κ2) is 7.95. The van der Waals surface area contributed by atoms with Crippen LogP contribution < -0.4 is 5.73 Å². The molecule has 1 atom stereocenters. The minimum atomic E-state index is -4.96. The first-order valence-corrected chi connectivity index (χ1v) is 4.41. The summed E-state index contributed by atoms with van der Waals surface area (Å²) in [5.41, 5.74) is 5.17. The van der Waals surface area contributed by atoms with E-state index in [4.69, 9.17) is 5.73 Å². The molecular formula is C8H14CoF3NO2. The number of carbonyl (C=O) groups excluding carboxylic acids is 1. The summed E-state index contributed by atoms with van der Waals surface area (Å²) in [5, 5.41) is 0. The Kier molecular flexibility index (Phi) is 9.08. The van der Waals surface area contributed by atoms with Crippen LogP contribution in [0.5, 0.6) is 0 Å². The minimum Gasteiger partial charge on any atom is -0.440 e. The van der Waals surface area contributed by atoms with Crippen LogP contribution in [0, 0.1) is 0 Å². The smallest absolute Gasteiger partial charge is 0.440 e. The van der Waals surface area contributed by atoms with E-state index in [-0.39, 0.29) is 23.2 Å². The molecule has 0 aliphatic carbocycles. The van der Waals surface area contributed by atoms with Crippen LogP contribution in [0.4, 0.5) is 13.2 Å². The van der Waals surface area contributed by atoms with Gasteiger partial charge in [-0.1, -0.05) is 19.8 Å². The maximum absolute atomic E-state index is 11.7. The van der Waals surface area contributed by atoms with Crippen molar-refractivity contribution in [2.75, 3.05) is 0 Å². The maximum Gasteiger partial charge on any atom is 0.490 e. The maximum atomic E-state index is 11.7. The molecule has 0 aromatic rings. The molecule has 0 fully saturated rings. The quantitative estimate of drug-likeness (QED) is 0.473. The van der Waals surface area contributed by atoms with Gasteiger partial charge in [-0.15, -0.1) is 0 Å². The summed E-state index contributed by atoms with van der Waals surface area (Å²) in [6, 6.07) is 0. The number of rotatable bonds is 5. The molecule has 0 aromatic heterocycles. The van der Waals surface area contributed by atoms with Gasteiger partial charge < -0.3 is 4.74 Å². The summed E-state index contributed by atoms with van der Waals surface area (Å²) in [6.07, 6.45) is -3.41. The molecule has 0 amide bonds. The second-order valence-electron chi connectivity index (χ2n) is 2.94. The number of alkyl halides is 3. The number of carbonyl (C=O) groups is 1. The number of halogens is 3. The Morgan fingerprint density at radius 2 is 1.93 bits per heavy atom. The zero-order valence-corrected chi connectivity index (χ0v) is 9.31. The minimum absolute atomic E-state index is 0. The predicted molar refractivity (Wildman–Crippen MR) is 44.3 cm³/mol. The zero-order chi connectivity index (χ0) is 11.2. The van der Waals surface area contributed by atoms with Crippen LogP contribution in [-0.4, -0.2) is 18.4 Å². The van der Waals surface area contributed by atoms with Crippen molar-refractivity contribution in [2.45, 2.75) is 45.0 Å². The van der Waals surface area contributed by atoms with E-state index in [9.17, 15) is 18.0 Å². The molecule has 15 heavy (non-hydrogen) atoms. The van der Waals surface area contributed by atoms with Crippen molar-refractivity contribution in [1.29, 1.82) is 0 Å². The van der Waals surface area contributed by atoms with Crippen molar-refractivity contribution in [3.63, 3.8) is 0 Å². The first-order chi connectivity index (χ1) is 6.38. The van der Waals surface area contributed by atoms with Crippen molar-refractivity contribution in [1.82, 2.24) is 0 Å². The fraction of sp³-hybridized carbons (Fsp3) is 0.875. The SMILES string of the molecule is CCCCCC(N)OC(=O)C(F)(F)F.[Co]. The van der Waals surface area contributed by atoms with Gasteiger partial charge in [-0.2, -0.15) is 13.2 Å². The van der Waals surface area contributed by atoms with Gasteiger partial charge >= 0.3 is 12.1 Å². The molecule has 1 unspecified atom stereocenters. The van der Waals surface area contributed by atoms with E-state index < -0.39 is 18.4 Å². The average molecular weight is 272 g/mol. The number of unbranched alkanes of at least 4 members (excludes halogenated alkanes) is 2. The van der Waals surface area contributed by atoms with Crippen LogP contribution in [0.15, 0.2) is 0 Å². The third kappa shape index (κ3) is 8.70. The van der Waals surface area contributed by atoms with E-state index in [1.807, 2.05) is 6.92 Å². The van der Waals surface area contributed by atoms with Gasteiger partial charge in [-0.25, -0.2) is 4.79 Å². The summed E-state index contributed by atoms with van der Waals surface area (Å²) in [6.45, 7) is 1.95. The standard InChI is InChI=1S/C8H14F3NO2.Co/c1-2-3-4-5-6(12)14-7(13)8(9,10)11;/h6H,2-5,12H2,1H3;. The number of hydrogen-bond donors (Lipinski definition) is 1. The van der Waals surface area contributed by atoms with Gasteiger partial charge in [0.2, 0.25) is 0 Å². The second-order valence-corrected chi connectivity index (χ2v) is 2.94. The van der Waals surface area contributed by atoms with Crippen molar-refractivity contribution < 1.29 is 39.5 Å². The van der Waals surface area contributed by atoms with Crippen LogP contribution in [0.2, 0.25) is 0 Å². The van der Waals surface area contributed by atoms with Crippen molar-refractivity contribution in [3.8, 4) is 0 Å². The van der Waals surface area contributed by atoms with E-state index in [1.165, 1.54) is 0 Å². The number of hydrogen-bond acceptors (Lipinski definition) is 3. The largest absolute Gasteiger partial charge is 0.490 e. The van der Waals surface area contributed by atoms with Crippen LogP contribution in [0.1, 0.15) is 32.6 Å². The Labute approximate surface area is 96.7 Å². The molecule has 2 N–H and O–H groups in total. The molecular weight excluding hydrogens is 258 g/mol. The van der Waals surface area contributed by atoms with Crippen LogP contribution >= 0.6 is 0 Å². The van der Waals surface area contributed by atoms with Gasteiger partial charge in [-0.3, -0.25) is 5.73 Å². The first-order valence-electron chi connectivity index (χ1n) is 4.41. The fourth-order valence-corrected chi connectivity index (χ4v) is 0.859. The van der Waals surface area contributed by atoms with E-state index in [0.29, 0.717) is 6.42 Å².